The van der Waals surface area contributed by atoms with Crippen LogP contribution in [0.3, 0.4) is 0 Å². The smallest absolute Gasteiger partial charge is 0.282 e. The number of benzene rings is 2. The molecule has 0 amide bonds. The van der Waals surface area contributed by atoms with Crippen molar-refractivity contribution in [3.05, 3.63) is 58.7 Å². The second-order valence-corrected chi connectivity index (χ2v) is 4.85. The number of carbonyl (C=O) groups is 2. The molecular formula is C16H8O5. The quantitative estimate of drug-likeness (QED) is 0.517. The third-order valence-corrected chi connectivity index (χ3v) is 3.64. The molecule has 1 aromatic heterocycles. The maximum Gasteiger partial charge on any atom is 0.282 e. The predicted molar refractivity (Wildman–Crippen MR) is 72.9 cm³/mol. The minimum Gasteiger partial charge on any atom is -0.507 e. The molecule has 0 unspecified atom stereocenters. The van der Waals surface area contributed by atoms with Crippen LogP contribution in [0, 0.1) is 0 Å². The molecule has 2 aromatic carbocycles. The van der Waals surface area contributed by atoms with Crippen LogP contribution in [-0.4, -0.2) is 21.8 Å². The van der Waals surface area contributed by atoms with Gasteiger partial charge in [-0.25, -0.2) is 0 Å². The molecule has 5 heteroatoms. The molecule has 0 spiro atoms. The Bertz CT molecular complexity index is 949. The van der Waals surface area contributed by atoms with Crippen LogP contribution in [0.25, 0.3) is 11.0 Å². The summed E-state index contributed by atoms with van der Waals surface area (Å²) in [5, 5.41) is 19.9. The largest absolute Gasteiger partial charge is 0.507 e. The molecule has 0 bridgehead atoms. The summed E-state index contributed by atoms with van der Waals surface area (Å²) in [6.07, 6.45) is 0. The summed E-state index contributed by atoms with van der Waals surface area (Å²) in [6, 6.07) is 9.00. The Kier molecular flexibility index (Phi) is 2.08. The van der Waals surface area contributed by atoms with Gasteiger partial charge in [-0.2, -0.15) is 0 Å². The number of furan rings is 1. The topological polar surface area (TPSA) is 87.7 Å². The summed E-state index contributed by atoms with van der Waals surface area (Å²) in [5.41, 5.74) is 0.529. The van der Waals surface area contributed by atoms with E-state index in [1.54, 1.807) is 24.3 Å². The van der Waals surface area contributed by atoms with Crippen LogP contribution in [0.2, 0.25) is 0 Å². The molecular weight excluding hydrogens is 272 g/mol. The average Bonchev–Trinajstić information content (AvgIpc) is 2.83. The molecule has 102 valence electrons. The zero-order valence-corrected chi connectivity index (χ0v) is 10.6. The van der Waals surface area contributed by atoms with Crippen LogP contribution in [0.5, 0.6) is 11.7 Å². The highest BCUT2D eigenvalue weighted by atomic mass is 16.5. The number of phenolic OH excluding ortho intramolecular Hbond substituents is 1. The highest BCUT2D eigenvalue weighted by Gasteiger charge is 2.35. The first kappa shape index (κ1) is 11.7. The van der Waals surface area contributed by atoms with E-state index in [0.29, 0.717) is 5.39 Å². The summed E-state index contributed by atoms with van der Waals surface area (Å²) in [5.74, 6) is -1.52. The molecule has 1 heterocycles. The lowest BCUT2D eigenvalue weighted by molar-refractivity contribution is 0.0977. The van der Waals surface area contributed by atoms with Crippen molar-refractivity contribution in [1.82, 2.24) is 0 Å². The second kappa shape index (κ2) is 3.73. The van der Waals surface area contributed by atoms with Crippen molar-refractivity contribution in [3.8, 4) is 11.7 Å². The summed E-state index contributed by atoms with van der Waals surface area (Å²) in [4.78, 5) is 25.1. The Labute approximate surface area is 118 Å². The zero-order chi connectivity index (χ0) is 14.7. The molecule has 0 saturated heterocycles. The van der Waals surface area contributed by atoms with Gasteiger partial charge in [0, 0.05) is 22.6 Å². The Morgan fingerprint density at radius 1 is 0.857 bits per heavy atom. The molecule has 2 N–H and O–H groups in total. The third-order valence-electron chi connectivity index (χ3n) is 3.64. The van der Waals surface area contributed by atoms with Crippen LogP contribution in [0.15, 0.2) is 40.8 Å². The van der Waals surface area contributed by atoms with E-state index >= 15 is 0 Å². The van der Waals surface area contributed by atoms with E-state index in [4.69, 9.17) is 4.42 Å². The van der Waals surface area contributed by atoms with Gasteiger partial charge in [-0.1, -0.05) is 24.3 Å². The SMILES string of the molecule is O=C1c2ccccc2C(=O)c2c1c(O)cc1cc(O)oc21. The zero-order valence-electron chi connectivity index (χ0n) is 10.6. The number of fused-ring (bicyclic) bond motifs is 4. The molecule has 0 aliphatic heterocycles. The van der Waals surface area contributed by atoms with Crippen LogP contribution < -0.4 is 0 Å². The predicted octanol–water partition coefficient (Wildman–Crippen LogP) is 2.62. The molecule has 1 aliphatic carbocycles. The van der Waals surface area contributed by atoms with E-state index in [9.17, 15) is 19.8 Å². The lowest BCUT2D eigenvalue weighted by Crippen LogP contribution is -2.21. The van der Waals surface area contributed by atoms with E-state index in [-0.39, 0.29) is 39.5 Å². The molecule has 5 nitrogen and oxygen atoms in total. The molecule has 0 atom stereocenters. The van der Waals surface area contributed by atoms with Crippen molar-refractivity contribution < 1.29 is 24.2 Å². The molecule has 0 radical (unpaired) electrons. The number of hydrogen-bond acceptors (Lipinski definition) is 5. The van der Waals surface area contributed by atoms with Crippen molar-refractivity contribution >= 4 is 22.5 Å². The van der Waals surface area contributed by atoms with E-state index in [1.165, 1.54) is 12.1 Å². The fourth-order valence-electron chi connectivity index (χ4n) is 2.75. The number of rotatable bonds is 0. The number of carbonyl (C=O) groups excluding carboxylic acids is 2. The lowest BCUT2D eigenvalue weighted by atomic mass is 9.83. The summed E-state index contributed by atoms with van der Waals surface area (Å²) in [6.45, 7) is 0. The van der Waals surface area contributed by atoms with Gasteiger partial charge in [-0.05, 0) is 6.07 Å². The van der Waals surface area contributed by atoms with Crippen molar-refractivity contribution in [2.75, 3.05) is 0 Å². The van der Waals surface area contributed by atoms with Gasteiger partial charge >= 0.3 is 0 Å². The Morgan fingerprint density at radius 2 is 1.48 bits per heavy atom. The molecule has 1 aliphatic rings. The number of phenols is 1. The maximum atomic E-state index is 12.6. The fourth-order valence-corrected chi connectivity index (χ4v) is 2.75. The second-order valence-electron chi connectivity index (χ2n) is 4.85. The molecule has 4 rings (SSSR count). The highest BCUT2D eigenvalue weighted by molar-refractivity contribution is 6.32. The van der Waals surface area contributed by atoms with Crippen LogP contribution >= 0.6 is 0 Å². The lowest BCUT2D eigenvalue weighted by Gasteiger charge is -2.18. The minimum absolute atomic E-state index is 0.00556. The van der Waals surface area contributed by atoms with Crippen LogP contribution in [0.4, 0.5) is 0 Å². The number of aromatic hydroxyl groups is 2. The molecule has 21 heavy (non-hydrogen) atoms. The minimum atomic E-state index is -0.435. The van der Waals surface area contributed by atoms with E-state index in [0.717, 1.165) is 0 Å². The first-order valence-corrected chi connectivity index (χ1v) is 6.25. The van der Waals surface area contributed by atoms with E-state index in [2.05, 4.69) is 0 Å². The van der Waals surface area contributed by atoms with Crippen LogP contribution in [-0.2, 0) is 0 Å². The highest BCUT2D eigenvalue weighted by Crippen LogP contribution is 2.39. The van der Waals surface area contributed by atoms with Crippen LogP contribution in [0.1, 0.15) is 31.8 Å². The van der Waals surface area contributed by atoms with Gasteiger partial charge in [0.2, 0.25) is 0 Å². The van der Waals surface area contributed by atoms with Crippen molar-refractivity contribution in [2.45, 2.75) is 0 Å². The van der Waals surface area contributed by atoms with Crippen molar-refractivity contribution in [3.63, 3.8) is 0 Å². The fraction of sp³-hybridized carbons (Fsp3) is 0. The van der Waals surface area contributed by atoms with Crippen molar-refractivity contribution in [2.24, 2.45) is 0 Å². The molecule has 3 aromatic rings. The van der Waals surface area contributed by atoms with Crippen molar-refractivity contribution in [1.29, 1.82) is 0 Å². The third kappa shape index (κ3) is 1.40. The van der Waals surface area contributed by atoms with E-state index in [1.807, 2.05) is 0 Å². The standard InChI is InChI=1S/C16H8O5/c17-10-5-7-6-11(18)21-16(7)13-12(10)14(19)8-3-1-2-4-9(8)15(13)20/h1-6,17-18H. The van der Waals surface area contributed by atoms with Gasteiger partial charge in [-0.3, -0.25) is 9.59 Å². The maximum absolute atomic E-state index is 12.6. The van der Waals surface area contributed by atoms with Gasteiger partial charge in [0.25, 0.3) is 5.95 Å². The molecule has 0 saturated carbocycles. The normalized spacial score (nSPS) is 13.3. The van der Waals surface area contributed by atoms with Gasteiger partial charge in [0.1, 0.15) is 5.75 Å². The summed E-state index contributed by atoms with van der Waals surface area (Å²) >= 11 is 0. The first-order chi connectivity index (χ1) is 10.1. The van der Waals surface area contributed by atoms with E-state index < -0.39 is 11.6 Å². The Hall–Kier alpha value is -3.08. The molecule has 0 fully saturated rings. The summed E-state index contributed by atoms with van der Waals surface area (Å²) in [7, 11) is 0. The Morgan fingerprint density at radius 3 is 2.14 bits per heavy atom. The van der Waals surface area contributed by atoms with Gasteiger partial charge in [0.05, 0.1) is 11.1 Å². The van der Waals surface area contributed by atoms with Gasteiger partial charge in [-0.15, -0.1) is 0 Å². The number of ketones is 2. The van der Waals surface area contributed by atoms with Gasteiger partial charge in [0.15, 0.2) is 17.1 Å². The monoisotopic (exact) mass is 280 g/mol. The van der Waals surface area contributed by atoms with Gasteiger partial charge < -0.3 is 14.6 Å². The number of hydrogen-bond donors (Lipinski definition) is 2. The summed E-state index contributed by atoms with van der Waals surface area (Å²) < 4.78 is 5.13. The first-order valence-electron chi connectivity index (χ1n) is 6.25. The average molecular weight is 280 g/mol. The Balaban J connectivity index is 2.17.